The summed E-state index contributed by atoms with van der Waals surface area (Å²) in [5, 5.41) is 7.41. The highest BCUT2D eigenvalue weighted by Gasteiger charge is 2.11. The van der Waals surface area contributed by atoms with Crippen LogP contribution in [0.1, 0.15) is 5.56 Å². The second kappa shape index (κ2) is 8.25. The maximum absolute atomic E-state index is 12.5. The summed E-state index contributed by atoms with van der Waals surface area (Å²) in [7, 11) is -3.31. The first-order chi connectivity index (χ1) is 14.4. The molecule has 4 aromatic rings. The van der Waals surface area contributed by atoms with Gasteiger partial charge in [0.05, 0.1) is 18.4 Å². The molecule has 1 amide bonds. The topological polar surface area (TPSA) is 88.2 Å². The number of nitrogens with zero attached hydrogens (tertiary/aromatic N) is 1. The molecule has 152 valence electrons. The number of nitrogens with one attached hydrogen (secondary N) is 2. The molecular formula is C22H19N3O3S2. The summed E-state index contributed by atoms with van der Waals surface area (Å²) >= 11 is 1.35. The minimum absolute atomic E-state index is 0.125. The van der Waals surface area contributed by atoms with Crippen LogP contribution >= 0.6 is 11.3 Å². The fourth-order valence-corrected chi connectivity index (χ4v) is 4.47. The third-order valence-corrected chi connectivity index (χ3v) is 5.83. The summed E-state index contributed by atoms with van der Waals surface area (Å²) in [6, 6.07) is 20.8. The summed E-state index contributed by atoms with van der Waals surface area (Å²) in [6.07, 6.45) is 1.37. The molecule has 0 unspecified atom stereocenters. The molecule has 0 radical (unpaired) electrons. The molecule has 0 saturated carbocycles. The van der Waals surface area contributed by atoms with Crippen molar-refractivity contribution in [2.45, 2.75) is 6.42 Å². The van der Waals surface area contributed by atoms with E-state index in [4.69, 9.17) is 0 Å². The molecule has 0 atom stereocenters. The molecule has 0 bridgehead atoms. The number of rotatable bonds is 6. The Morgan fingerprint density at radius 2 is 1.73 bits per heavy atom. The van der Waals surface area contributed by atoms with E-state index in [-0.39, 0.29) is 12.3 Å². The Morgan fingerprint density at radius 3 is 2.50 bits per heavy atom. The molecule has 0 saturated heterocycles. The first-order valence-electron chi connectivity index (χ1n) is 9.18. The van der Waals surface area contributed by atoms with Gasteiger partial charge in [-0.2, -0.15) is 0 Å². The Kier molecular flexibility index (Phi) is 5.52. The van der Waals surface area contributed by atoms with Crippen molar-refractivity contribution in [3.05, 3.63) is 77.7 Å². The number of carbonyl (C=O) groups excluding carboxylic acids is 1. The number of hydrogen-bond donors (Lipinski definition) is 2. The Morgan fingerprint density at radius 1 is 1.00 bits per heavy atom. The van der Waals surface area contributed by atoms with Crippen LogP contribution in [0.25, 0.3) is 22.0 Å². The number of fused-ring (bicyclic) bond motifs is 1. The van der Waals surface area contributed by atoms with Gasteiger partial charge in [-0.15, -0.1) is 11.3 Å². The quantitative estimate of drug-likeness (QED) is 0.464. The summed E-state index contributed by atoms with van der Waals surface area (Å²) in [4.78, 5) is 17.0. The standard InChI is InChI=1S/C22H19N3O3S2/c1-30(27,28)25-18-11-9-16(10-12-18)20-14-29-22(23-20)24-21(26)13-17-7-4-6-15-5-2-3-8-19(15)17/h2-12,14,25H,13H2,1H3,(H,23,24,26). The molecule has 1 heterocycles. The summed E-state index contributed by atoms with van der Waals surface area (Å²) < 4.78 is 25.0. The van der Waals surface area contributed by atoms with E-state index in [1.54, 1.807) is 24.3 Å². The van der Waals surface area contributed by atoms with Crippen molar-refractivity contribution < 1.29 is 13.2 Å². The van der Waals surface area contributed by atoms with Crippen molar-refractivity contribution in [3.63, 3.8) is 0 Å². The van der Waals surface area contributed by atoms with Crippen LogP contribution in [0, 0.1) is 0 Å². The second-order valence-corrected chi connectivity index (χ2v) is 9.46. The number of hydrogen-bond acceptors (Lipinski definition) is 5. The predicted octanol–water partition coefficient (Wildman–Crippen LogP) is 4.52. The van der Waals surface area contributed by atoms with E-state index in [0.29, 0.717) is 16.5 Å². The van der Waals surface area contributed by atoms with Gasteiger partial charge in [0.2, 0.25) is 15.9 Å². The van der Waals surface area contributed by atoms with Crippen LogP contribution in [0.5, 0.6) is 0 Å². The van der Waals surface area contributed by atoms with E-state index >= 15 is 0 Å². The maximum atomic E-state index is 12.5. The van der Waals surface area contributed by atoms with Gasteiger partial charge in [0.15, 0.2) is 5.13 Å². The largest absolute Gasteiger partial charge is 0.302 e. The minimum atomic E-state index is -3.31. The molecule has 0 spiro atoms. The molecule has 30 heavy (non-hydrogen) atoms. The second-order valence-electron chi connectivity index (χ2n) is 6.85. The van der Waals surface area contributed by atoms with Gasteiger partial charge in [0, 0.05) is 16.6 Å². The number of thiazole rings is 1. The molecule has 0 aliphatic heterocycles. The Hall–Kier alpha value is -3.23. The lowest BCUT2D eigenvalue weighted by Crippen LogP contribution is -2.14. The van der Waals surface area contributed by atoms with E-state index < -0.39 is 10.0 Å². The van der Waals surface area contributed by atoms with Gasteiger partial charge in [0.25, 0.3) is 0 Å². The molecule has 8 heteroatoms. The molecule has 3 aromatic carbocycles. The van der Waals surface area contributed by atoms with E-state index in [2.05, 4.69) is 15.0 Å². The van der Waals surface area contributed by atoms with Gasteiger partial charge in [-0.3, -0.25) is 9.52 Å². The Balaban J connectivity index is 1.45. The summed E-state index contributed by atoms with van der Waals surface area (Å²) in [5.41, 5.74) is 3.00. The van der Waals surface area contributed by atoms with Crippen molar-refractivity contribution in [3.8, 4) is 11.3 Å². The van der Waals surface area contributed by atoms with E-state index in [1.165, 1.54) is 11.3 Å². The van der Waals surface area contributed by atoms with E-state index in [9.17, 15) is 13.2 Å². The van der Waals surface area contributed by atoms with Crippen LogP contribution in [0.3, 0.4) is 0 Å². The molecule has 2 N–H and O–H groups in total. The third kappa shape index (κ3) is 4.84. The lowest BCUT2D eigenvalue weighted by atomic mass is 10.0. The lowest BCUT2D eigenvalue weighted by Gasteiger charge is -2.06. The first-order valence-corrected chi connectivity index (χ1v) is 11.9. The Bertz CT molecular complexity index is 1310. The first kappa shape index (κ1) is 20.1. The third-order valence-electron chi connectivity index (χ3n) is 4.47. The van der Waals surface area contributed by atoms with Crippen LogP contribution in [0.2, 0.25) is 0 Å². The highest BCUT2D eigenvalue weighted by atomic mass is 32.2. The number of benzene rings is 3. The summed E-state index contributed by atoms with van der Waals surface area (Å²) in [6.45, 7) is 0. The van der Waals surface area contributed by atoms with Gasteiger partial charge >= 0.3 is 0 Å². The zero-order chi connectivity index (χ0) is 21.1. The van der Waals surface area contributed by atoms with Gasteiger partial charge in [-0.25, -0.2) is 13.4 Å². The van der Waals surface area contributed by atoms with Crippen molar-refractivity contribution in [2.75, 3.05) is 16.3 Å². The zero-order valence-corrected chi connectivity index (χ0v) is 17.8. The number of amides is 1. The highest BCUT2D eigenvalue weighted by molar-refractivity contribution is 7.92. The normalized spacial score (nSPS) is 11.4. The molecule has 1 aromatic heterocycles. The van der Waals surface area contributed by atoms with Crippen molar-refractivity contribution in [2.24, 2.45) is 0 Å². The van der Waals surface area contributed by atoms with Crippen LogP contribution in [0.15, 0.2) is 72.1 Å². The molecule has 4 rings (SSSR count). The van der Waals surface area contributed by atoms with Crippen LogP contribution in [0.4, 0.5) is 10.8 Å². The maximum Gasteiger partial charge on any atom is 0.230 e. The van der Waals surface area contributed by atoms with Crippen molar-refractivity contribution >= 4 is 48.9 Å². The van der Waals surface area contributed by atoms with Gasteiger partial charge < -0.3 is 5.32 Å². The molecule has 0 aliphatic carbocycles. The zero-order valence-electron chi connectivity index (χ0n) is 16.1. The minimum Gasteiger partial charge on any atom is -0.302 e. The number of carbonyl (C=O) groups is 1. The molecule has 6 nitrogen and oxygen atoms in total. The number of sulfonamides is 1. The molecule has 0 aliphatic rings. The van der Waals surface area contributed by atoms with Crippen LogP contribution in [-0.4, -0.2) is 25.6 Å². The van der Waals surface area contributed by atoms with Crippen molar-refractivity contribution in [1.82, 2.24) is 4.98 Å². The Labute approximate surface area is 178 Å². The van der Waals surface area contributed by atoms with Gasteiger partial charge in [0.1, 0.15) is 0 Å². The van der Waals surface area contributed by atoms with Crippen LogP contribution < -0.4 is 10.0 Å². The van der Waals surface area contributed by atoms with Gasteiger partial charge in [-0.1, -0.05) is 54.6 Å². The SMILES string of the molecule is CS(=O)(=O)Nc1ccc(-c2csc(NC(=O)Cc3cccc4ccccc34)n2)cc1. The average molecular weight is 438 g/mol. The average Bonchev–Trinajstić information content (AvgIpc) is 3.16. The fourth-order valence-electron chi connectivity index (χ4n) is 3.17. The number of anilines is 2. The number of aromatic nitrogens is 1. The van der Waals surface area contributed by atoms with Crippen LogP contribution in [-0.2, 0) is 21.2 Å². The lowest BCUT2D eigenvalue weighted by molar-refractivity contribution is -0.115. The van der Waals surface area contributed by atoms with Crippen molar-refractivity contribution in [1.29, 1.82) is 0 Å². The fraction of sp³-hybridized carbons (Fsp3) is 0.0909. The highest BCUT2D eigenvalue weighted by Crippen LogP contribution is 2.26. The predicted molar refractivity (Wildman–Crippen MR) is 122 cm³/mol. The van der Waals surface area contributed by atoms with E-state index in [1.807, 2.05) is 47.8 Å². The summed E-state index contributed by atoms with van der Waals surface area (Å²) in [5.74, 6) is -0.125. The van der Waals surface area contributed by atoms with Gasteiger partial charge in [-0.05, 0) is 28.5 Å². The monoisotopic (exact) mass is 437 g/mol. The smallest absolute Gasteiger partial charge is 0.230 e. The molecule has 0 fully saturated rings. The van der Waals surface area contributed by atoms with E-state index in [0.717, 1.165) is 28.2 Å². The molecular weight excluding hydrogens is 418 g/mol.